The van der Waals surface area contributed by atoms with E-state index >= 15 is 0 Å². The highest BCUT2D eigenvalue weighted by molar-refractivity contribution is 7.10. The summed E-state index contributed by atoms with van der Waals surface area (Å²) in [4.78, 5) is 20.0. The Labute approximate surface area is 137 Å². The molecule has 118 valence electrons. The van der Waals surface area contributed by atoms with Gasteiger partial charge in [0.15, 0.2) is 0 Å². The fraction of sp³-hybridized carbons (Fsp3) is 0.444. The van der Waals surface area contributed by atoms with Gasteiger partial charge in [0.2, 0.25) is 5.91 Å². The number of hydrogen-bond donors (Lipinski definition) is 0. The van der Waals surface area contributed by atoms with Crippen LogP contribution in [0.3, 0.4) is 0 Å². The number of amides is 1. The maximum absolute atomic E-state index is 12.7. The second-order valence-electron chi connectivity index (χ2n) is 5.66. The average Bonchev–Trinajstić information content (AvgIpc) is 2.95. The van der Waals surface area contributed by atoms with Crippen molar-refractivity contribution in [2.75, 3.05) is 0 Å². The molecular weight excluding hydrogens is 292 g/mol. The first-order chi connectivity index (χ1) is 10.6. The molecule has 0 spiro atoms. The molecule has 0 aliphatic carbocycles. The van der Waals surface area contributed by atoms with Gasteiger partial charge >= 0.3 is 0 Å². The highest BCUT2D eigenvalue weighted by atomic mass is 32.1. The number of thiophene rings is 1. The maximum Gasteiger partial charge on any atom is 0.223 e. The third-order valence-electron chi connectivity index (χ3n) is 4.10. The molecule has 0 saturated heterocycles. The van der Waals surface area contributed by atoms with Gasteiger partial charge in [0.1, 0.15) is 0 Å². The van der Waals surface area contributed by atoms with Gasteiger partial charge in [-0.3, -0.25) is 9.78 Å². The minimum absolute atomic E-state index is 0.235. The fourth-order valence-electron chi connectivity index (χ4n) is 2.38. The van der Waals surface area contributed by atoms with Crippen LogP contribution >= 0.6 is 11.3 Å². The van der Waals surface area contributed by atoms with Gasteiger partial charge in [-0.15, -0.1) is 11.3 Å². The fourth-order valence-corrected chi connectivity index (χ4v) is 3.28. The van der Waals surface area contributed by atoms with Crippen molar-refractivity contribution in [3.05, 3.63) is 52.0 Å². The summed E-state index contributed by atoms with van der Waals surface area (Å²) in [6.45, 7) is 7.11. The van der Waals surface area contributed by atoms with E-state index in [1.807, 2.05) is 17.0 Å². The Morgan fingerprint density at radius 3 is 2.64 bits per heavy atom. The molecule has 0 aliphatic heterocycles. The predicted octanol–water partition coefficient (Wildman–Crippen LogP) is 4.21. The molecule has 4 heteroatoms. The average molecular weight is 316 g/mol. The van der Waals surface area contributed by atoms with E-state index in [-0.39, 0.29) is 11.9 Å². The highest BCUT2D eigenvalue weighted by Gasteiger charge is 2.20. The number of hydrogen-bond acceptors (Lipinski definition) is 3. The van der Waals surface area contributed by atoms with Gasteiger partial charge in [0, 0.05) is 29.7 Å². The Kier molecular flexibility index (Phi) is 6.13. The van der Waals surface area contributed by atoms with Crippen molar-refractivity contribution in [3.63, 3.8) is 0 Å². The Bertz CT molecular complexity index is 594. The van der Waals surface area contributed by atoms with Crippen molar-refractivity contribution in [1.82, 2.24) is 9.88 Å². The predicted molar refractivity (Wildman–Crippen MR) is 91.9 cm³/mol. The first-order valence-electron chi connectivity index (χ1n) is 7.83. The van der Waals surface area contributed by atoms with Crippen LogP contribution in [0.2, 0.25) is 0 Å². The second kappa shape index (κ2) is 8.08. The van der Waals surface area contributed by atoms with E-state index in [2.05, 4.69) is 37.2 Å². The summed E-state index contributed by atoms with van der Waals surface area (Å²) in [6, 6.07) is 6.34. The van der Waals surface area contributed by atoms with Gasteiger partial charge in [0.25, 0.3) is 0 Å². The lowest BCUT2D eigenvalue weighted by molar-refractivity contribution is -0.133. The molecule has 2 rings (SSSR count). The largest absolute Gasteiger partial charge is 0.335 e. The molecule has 0 aromatic carbocycles. The molecular formula is C18H24N2OS. The number of aryl methyl sites for hydroxylation is 2. The topological polar surface area (TPSA) is 33.2 Å². The van der Waals surface area contributed by atoms with Crippen molar-refractivity contribution >= 4 is 17.2 Å². The third-order valence-corrected chi connectivity index (χ3v) is 5.11. The summed E-state index contributed by atoms with van der Waals surface area (Å²) >= 11 is 1.74. The molecule has 2 aromatic heterocycles. The first-order valence-corrected chi connectivity index (χ1v) is 8.71. The number of pyridine rings is 1. The van der Waals surface area contributed by atoms with Crippen molar-refractivity contribution in [3.8, 4) is 0 Å². The van der Waals surface area contributed by atoms with Gasteiger partial charge in [-0.1, -0.05) is 6.92 Å². The van der Waals surface area contributed by atoms with Crippen LogP contribution in [0.1, 0.15) is 42.7 Å². The van der Waals surface area contributed by atoms with Crippen LogP contribution in [0.4, 0.5) is 0 Å². The summed E-state index contributed by atoms with van der Waals surface area (Å²) in [7, 11) is 0. The zero-order valence-electron chi connectivity index (χ0n) is 13.6. The molecule has 0 unspecified atom stereocenters. The zero-order valence-corrected chi connectivity index (χ0v) is 14.4. The van der Waals surface area contributed by atoms with Crippen LogP contribution in [0.5, 0.6) is 0 Å². The number of aromatic nitrogens is 1. The number of carbonyl (C=O) groups is 1. The summed E-state index contributed by atoms with van der Waals surface area (Å²) in [5.74, 6) is 0.235. The number of rotatable bonds is 7. The van der Waals surface area contributed by atoms with Crippen molar-refractivity contribution < 1.29 is 4.79 Å². The first kappa shape index (κ1) is 16.7. The van der Waals surface area contributed by atoms with Crippen LogP contribution in [0.25, 0.3) is 0 Å². The molecule has 0 fully saturated rings. The van der Waals surface area contributed by atoms with Gasteiger partial charge in [0.05, 0.1) is 6.54 Å². The minimum Gasteiger partial charge on any atom is -0.335 e. The SMILES string of the molecule is CC[C@@H](C)N(Cc1sccc1C)C(=O)CCc1ccncc1. The lowest BCUT2D eigenvalue weighted by atomic mass is 10.1. The van der Waals surface area contributed by atoms with Gasteiger partial charge in [-0.2, -0.15) is 0 Å². The molecule has 1 atom stereocenters. The monoisotopic (exact) mass is 316 g/mol. The summed E-state index contributed by atoms with van der Waals surface area (Å²) in [6.07, 6.45) is 5.87. The highest BCUT2D eigenvalue weighted by Crippen LogP contribution is 2.21. The standard InChI is InChI=1S/C18H24N2OS/c1-4-15(3)20(13-17-14(2)9-12-22-17)18(21)6-5-16-7-10-19-11-8-16/h7-12,15H,4-6,13H2,1-3H3/t15-/m1/s1. The third kappa shape index (κ3) is 4.41. The molecule has 0 radical (unpaired) electrons. The van der Waals surface area contributed by atoms with E-state index in [1.165, 1.54) is 16.0 Å². The van der Waals surface area contributed by atoms with E-state index in [0.29, 0.717) is 6.42 Å². The summed E-state index contributed by atoms with van der Waals surface area (Å²) in [5, 5.41) is 2.10. The molecule has 2 heterocycles. The second-order valence-corrected chi connectivity index (χ2v) is 6.66. The summed E-state index contributed by atoms with van der Waals surface area (Å²) in [5.41, 5.74) is 2.44. The molecule has 3 nitrogen and oxygen atoms in total. The van der Waals surface area contributed by atoms with E-state index in [0.717, 1.165) is 19.4 Å². The van der Waals surface area contributed by atoms with Crippen LogP contribution in [0.15, 0.2) is 36.0 Å². The minimum atomic E-state index is 0.235. The van der Waals surface area contributed by atoms with Crippen LogP contribution < -0.4 is 0 Å². The van der Waals surface area contributed by atoms with Crippen molar-refractivity contribution in [1.29, 1.82) is 0 Å². The van der Waals surface area contributed by atoms with E-state index < -0.39 is 0 Å². The Morgan fingerprint density at radius 2 is 2.05 bits per heavy atom. The maximum atomic E-state index is 12.7. The van der Waals surface area contributed by atoms with Crippen molar-refractivity contribution in [2.24, 2.45) is 0 Å². The van der Waals surface area contributed by atoms with E-state index in [4.69, 9.17) is 0 Å². The van der Waals surface area contributed by atoms with Gasteiger partial charge < -0.3 is 4.90 Å². The number of carbonyl (C=O) groups excluding carboxylic acids is 1. The normalized spacial score (nSPS) is 12.1. The van der Waals surface area contributed by atoms with E-state index in [9.17, 15) is 4.79 Å². The quantitative estimate of drug-likeness (QED) is 0.766. The molecule has 22 heavy (non-hydrogen) atoms. The van der Waals surface area contributed by atoms with Crippen LogP contribution in [-0.2, 0) is 17.8 Å². The van der Waals surface area contributed by atoms with Crippen molar-refractivity contribution in [2.45, 2.75) is 52.6 Å². The Morgan fingerprint density at radius 1 is 1.32 bits per heavy atom. The lowest BCUT2D eigenvalue weighted by Gasteiger charge is -2.28. The molecule has 0 aliphatic rings. The molecule has 0 saturated carbocycles. The lowest BCUT2D eigenvalue weighted by Crippen LogP contribution is -2.37. The molecule has 2 aromatic rings. The van der Waals surface area contributed by atoms with Crippen LogP contribution in [-0.4, -0.2) is 21.8 Å². The van der Waals surface area contributed by atoms with Gasteiger partial charge in [-0.25, -0.2) is 0 Å². The molecule has 0 N–H and O–H groups in total. The Balaban J connectivity index is 2.01. The smallest absolute Gasteiger partial charge is 0.223 e. The van der Waals surface area contributed by atoms with Crippen LogP contribution in [0, 0.1) is 6.92 Å². The number of nitrogens with zero attached hydrogens (tertiary/aromatic N) is 2. The van der Waals surface area contributed by atoms with E-state index in [1.54, 1.807) is 23.7 Å². The zero-order chi connectivity index (χ0) is 15.9. The van der Waals surface area contributed by atoms with Gasteiger partial charge in [-0.05, 0) is 61.4 Å². The Hall–Kier alpha value is -1.68. The summed E-state index contributed by atoms with van der Waals surface area (Å²) < 4.78 is 0. The molecule has 1 amide bonds. The molecule has 0 bridgehead atoms.